The average Bonchev–Trinajstić information content (AvgIpc) is 2.56. The maximum Gasteiger partial charge on any atom is 0.243 e. The first-order valence-corrected chi connectivity index (χ1v) is 9.20. The van der Waals surface area contributed by atoms with E-state index < -0.39 is 22.2 Å². The smallest absolute Gasteiger partial charge is 0.243 e. The molecule has 3 rings (SSSR count). The molecule has 2 aromatic carbocycles. The summed E-state index contributed by atoms with van der Waals surface area (Å²) in [5.74, 6) is 0. The van der Waals surface area contributed by atoms with Gasteiger partial charge in [0.1, 0.15) is 6.17 Å². The largest absolute Gasteiger partial charge is 0.247 e. The number of aryl methyl sites for hydroxylation is 1. The highest BCUT2D eigenvalue weighted by atomic mass is 32.2. The third-order valence-electron chi connectivity index (χ3n) is 4.30. The lowest BCUT2D eigenvalue weighted by Gasteiger charge is -2.36. The second-order valence-corrected chi connectivity index (χ2v) is 7.87. The maximum atomic E-state index is 13.9. The molecule has 0 amide bonds. The predicted octanol–water partition coefficient (Wildman–Crippen LogP) is 3.86. The van der Waals surface area contributed by atoms with Crippen molar-refractivity contribution in [2.75, 3.05) is 6.54 Å². The quantitative estimate of drug-likeness (QED) is 0.855. The topological polar surface area (TPSA) is 37.4 Å². The molecule has 23 heavy (non-hydrogen) atoms. The van der Waals surface area contributed by atoms with E-state index in [1.54, 1.807) is 24.3 Å². The summed E-state index contributed by atoms with van der Waals surface area (Å²) in [5.41, 5.74) is 1.84. The van der Waals surface area contributed by atoms with E-state index in [1.165, 1.54) is 4.31 Å². The minimum Gasteiger partial charge on any atom is -0.247 e. The molecule has 2 aromatic rings. The van der Waals surface area contributed by atoms with Crippen molar-refractivity contribution in [2.24, 2.45) is 0 Å². The van der Waals surface area contributed by atoms with Crippen LogP contribution in [-0.4, -0.2) is 25.4 Å². The van der Waals surface area contributed by atoms with E-state index in [-0.39, 0.29) is 24.3 Å². The highest BCUT2D eigenvalue weighted by Crippen LogP contribution is 2.36. The Morgan fingerprint density at radius 1 is 1.04 bits per heavy atom. The molecule has 0 N–H and O–H groups in total. The minimum absolute atomic E-state index is 0.203. The monoisotopic (exact) mass is 333 g/mol. The van der Waals surface area contributed by atoms with E-state index in [0.717, 1.165) is 11.1 Å². The normalized spacial score (nSPS) is 22.9. The summed E-state index contributed by atoms with van der Waals surface area (Å²) in [6, 6.07) is 15.7. The van der Waals surface area contributed by atoms with Gasteiger partial charge in [0.05, 0.1) is 10.9 Å². The lowest BCUT2D eigenvalue weighted by molar-refractivity contribution is 0.156. The first-order valence-electron chi connectivity index (χ1n) is 7.76. The Hall–Kier alpha value is -1.72. The van der Waals surface area contributed by atoms with Crippen molar-refractivity contribution in [3.05, 3.63) is 65.7 Å². The van der Waals surface area contributed by atoms with Crippen molar-refractivity contribution < 1.29 is 12.8 Å². The summed E-state index contributed by atoms with van der Waals surface area (Å²) in [7, 11) is -3.63. The molecule has 0 saturated carbocycles. The number of halogens is 1. The summed E-state index contributed by atoms with van der Waals surface area (Å²) in [5, 5.41) is 0. The lowest BCUT2D eigenvalue weighted by Crippen LogP contribution is -2.41. The standard InChI is InChI=1S/C18H20FNO2S/c1-14-7-9-17(10-8-14)23(21,22)20-12-11-16(19)13-18(20)15-5-3-2-4-6-15/h2-10,16,18H,11-13H2,1H3/t16-,18-/m1/s1. The third-order valence-corrected chi connectivity index (χ3v) is 6.22. The van der Waals surface area contributed by atoms with Gasteiger partial charge in [-0.3, -0.25) is 0 Å². The van der Waals surface area contributed by atoms with Crippen molar-refractivity contribution in [2.45, 2.75) is 36.9 Å². The Morgan fingerprint density at radius 3 is 2.35 bits per heavy atom. The molecule has 122 valence electrons. The number of hydrogen-bond donors (Lipinski definition) is 0. The fourth-order valence-electron chi connectivity index (χ4n) is 3.01. The van der Waals surface area contributed by atoms with Crippen LogP contribution in [0.15, 0.2) is 59.5 Å². The number of nitrogens with zero attached hydrogens (tertiary/aromatic N) is 1. The molecule has 2 atom stereocenters. The fourth-order valence-corrected chi connectivity index (χ4v) is 4.65. The van der Waals surface area contributed by atoms with Crippen LogP contribution in [0.4, 0.5) is 4.39 Å². The predicted molar refractivity (Wildman–Crippen MR) is 88.4 cm³/mol. The second kappa shape index (κ2) is 6.42. The molecular weight excluding hydrogens is 313 g/mol. The molecule has 1 aliphatic rings. The van der Waals surface area contributed by atoms with Crippen LogP contribution in [0.2, 0.25) is 0 Å². The Morgan fingerprint density at radius 2 is 1.70 bits per heavy atom. The van der Waals surface area contributed by atoms with E-state index >= 15 is 0 Å². The summed E-state index contributed by atoms with van der Waals surface area (Å²) >= 11 is 0. The SMILES string of the molecule is Cc1ccc(S(=O)(=O)N2CC[C@@H](F)C[C@@H]2c2ccccc2)cc1. The van der Waals surface area contributed by atoms with Gasteiger partial charge in [0.25, 0.3) is 0 Å². The molecule has 0 aromatic heterocycles. The zero-order chi connectivity index (χ0) is 16.4. The van der Waals surface area contributed by atoms with Gasteiger partial charge in [-0.1, -0.05) is 48.0 Å². The summed E-state index contributed by atoms with van der Waals surface area (Å²) < 4.78 is 41.3. The first-order chi connectivity index (χ1) is 11.0. The Kier molecular flexibility index (Phi) is 4.50. The molecule has 5 heteroatoms. The molecule has 0 aliphatic carbocycles. The van der Waals surface area contributed by atoms with Crippen molar-refractivity contribution >= 4 is 10.0 Å². The lowest BCUT2D eigenvalue weighted by atomic mass is 9.96. The van der Waals surface area contributed by atoms with E-state index in [4.69, 9.17) is 0 Å². The van der Waals surface area contributed by atoms with Crippen molar-refractivity contribution in [1.29, 1.82) is 0 Å². The van der Waals surface area contributed by atoms with E-state index in [9.17, 15) is 12.8 Å². The van der Waals surface area contributed by atoms with Gasteiger partial charge in [0.15, 0.2) is 0 Å². The molecule has 0 bridgehead atoms. The summed E-state index contributed by atoms with van der Waals surface area (Å²) in [4.78, 5) is 0.265. The van der Waals surface area contributed by atoms with Gasteiger partial charge in [-0.2, -0.15) is 4.31 Å². The maximum absolute atomic E-state index is 13.9. The number of alkyl halides is 1. The first kappa shape index (κ1) is 16.1. The second-order valence-electron chi connectivity index (χ2n) is 5.98. The highest BCUT2D eigenvalue weighted by Gasteiger charge is 2.37. The highest BCUT2D eigenvalue weighted by molar-refractivity contribution is 7.89. The summed E-state index contributed by atoms with van der Waals surface area (Å²) in [6.07, 6.45) is -0.520. The van der Waals surface area contributed by atoms with Crippen LogP contribution in [0.3, 0.4) is 0 Å². The zero-order valence-corrected chi connectivity index (χ0v) is 13.8. The van der Waals surface area contributed by atoms with Gasteiger partial charge in [-0.25, -0.2) is 12.8 Å². The fraction of sp³-hybridized carbons (Fsp3) is 0.333. The minimum atomic E-state index is -3.63. The molecule has 0 radical (unpaired) electrons. The molecule has 0 spiro atoms. The van der Waals surface area contributed by atoms with Crippen LogP contribution < -0.4 is 0 Å². The molecular formula is C18H20FNO2S. The molecule has 1 saturated heterocycles. The van der Waals surface area contributed by atoms with E-state index in [1.807, 2.05) is 37.3 Å². The molecule has 0 unspecified atom stereocenters. The van der Waals surface area contributed by atoms with Crippen LogP contribution in [0.5, 0.6) is 0 Å². The van der Waals surface area contributed by atoms with Crippen molar-refractivity contribution in [3.63, 3.8) is 0 Å². The summed E-state index contributed by atoms with van der Waals surface area (Å²) in [6.45, 7) is 2.12. The van der Waals surface area contributed by atoms with Crippen LogP contribution in [0, 0.1) is 6.92 Å². The Labute approximate surface area is 136 Å². The number of piperidine rings is 1. The van der Waals surface area contributed by atoms with Gasteiger partial charge in [-0.05, 0) is 37.5 Å². The molecule has 1 fully saturated rings. The van der Waals surface area contributed by atoms with Crippen molar-refractivity contribution in [3.8, 4) is 0 Å². The molecule has 1 aliphatic heterocycles. The molecule has 3 nitrogen and oxygen atoms in total. The number of rotatable bonds is 3. The van der Waals surface area contributed by atoms with Gasteiger partial charge in [0, 0.05) is 6.54 Å². The van der Waals surface area contributed by atoms with Gasteiger partial charge in [0.2, 0.25) is 10.0 Å². The average molecular weight is 333 g/mol. The number of sulfonamides is 1. The van der Waals surface area contributed by atoms with Gasteiger partial charge < -0.3 is 0 Å². The molecule has 1 heterocycles. The number of benzene rings is 2. The van der Waals surface area contributed by atoms with Gasteiger partial charge >= 0.3 is 0 Å². The van der Waals surface area contributed by atoms with Crippen molar-refractivity contribution in [1.82, 2.24) is 4.31 Å². The zero-order valence-electron chi connectivity index (χ0n) is 13.0. The number of hydrogen-bond acceptors (Lipinski definition) is 2. The van der Waals surface area contributed by atoms with E-state index in [2.05, 4.69) is 0 Å². The van der Waals surface area contributed by atoms with Crippen LogP contribution in [0.25, 0.3) is 0 Å². The van der Waals surface area contributed by atoms with Crippen LogP contribution >= 0.6 is 0 Å². The Balaban J connectivity index is 1.99. The van der Waals surface area contributed by atoms with E-state index in [0.29, 0.717) is 0 Å². The van der Waals surface area contributed by atoms with Gasteiger partial charge in [-0.15, -0.1) is 0 Å². The van der Waals surface area contributed by atoms with Crippen LogP contribution in [-0.2, 0) is 10.0 Å². The third kappa shape index (κ3) is 3.31. The Bertz CT molecular complexity index is 759. The van der Waals surface area contributed by atoms with Crippen LogP contribution in [0.1, 0.15) is 30.0 Å².